The SMILES string of the molecule is CCCCc1cccc2c1ccc1cc(-c3cc(-c4cc(-c5cc6oc(-c7cc8ccc(N(CC)CC)cc8oc7=O)cc6o5)nc(-c5ccc(-c6c(C)c7c(ccc8ccccc87)oc6=O)s5)c4)cc(-c4cc5ccc(N(CC)CC)cc5oc4=O)n3)c(=O)oc12. The number of hydrogen-bond donors (Lipinski definition) is 0. The zero-order valence-corrected chi connectivity index (χ0v) is 52.2. The number of rotatable bonds is 16. The fourth-order valence-corrected chi connectivity index (χ4v) is 14.0. The minimum absolute atomic E-state index is 0.175. The van der Waals surface area contributed by atoms with Crippen LogP contribution in [0.2, 0.25) is 0 Å². The van der Waals surface area contributed by atoms with Gasteiger partial charge in [-0.1, -0.05) is 74.0 Å². The number of anilines is 2. The number of pyridine rings is 2. The van der Waals surface area contributed by atoms with Gasteiger partial charge in [-0.2, -0.15) is 0 Å². The summed E-state index contributed by atoms with van der Waals surface area (Å²) in [6.45, 7) is 15.6. The molecule has 0 aliphatic rings. The lowest BCUT2D eigenvalue weighted by molar-refractivity contribution is 0.555. The summed E-state index contributed by atoms with van der Waals surface area (Å²) in [6, 6.07) is 53.6. The van der Waals surface area contributed by atoms with Gasteiger partial charge in [-0.05, 0) is 171 Å². The number of benzene rings is 6. The number of aromatic nitrogens is 2. The van der Waals surface area contributed by atoms with Crippen molar-refractivity contribution in [2.45, 2.75) is 60.8 Å². The first kappa shape index (κ1) is 57.5. The van der Waals surface area contributed by atoms with Crippen molar-refractivity contribution in [2.75, 3.05) is 36.0 Å². The molecule has 9 heterocycles. The Morgan fingerprint density at radius 2 is 0.967 bits per heavy atom. The van der Waals surface area contributed by atoms with Gasteiger partial charge in [-0.15, -0.1) is 11.3 Å². The van der Waals surface area contributed by atoms with E-state index >= 15 is 0 Å². The Morgan fingerprint density at radius 1 is 0.413 bits per heavy atom. The molecule has 0 N–H and O–H groups in total. The van der Waals surface area contributed by atoms with Gasteiger partial charge in [-0.25, -0.2) is 29.1 Å². The summed E-state index contributed by atoms with van der Waals surface area (Å²) < 4.78 is 37.5. The lowest BCUT2D eigenvalue weighted by Gasteiger charge is -2.21. The molecule has 9 aromatic heterocycles. The van der Waals surface area contributed by atoms with Crippen molar-refractivity contribution in [3.63, 3.8) is 0 Å². The first-order chi connectivity index (χ1) is 44.8. The predicted octanol–water partition coefficient (Wildman–Crippen LogP) is 18.6. The summed E-state index contributed by atoms with van der Waals surface area (Å²) in [5, 5.41) is 6.82. The third-order valence-corrected chi connectivity index (χ3v) is 18.9. The van der Waals surface area contributed by atoms with Crippen molar-refractivity contribution in [3.8, 4) is 77.4 Å². The Bertz CT molecular complexity index is 5700. The summed E-state index contributed by atoms with van der Waals surface area (Å²) in [5.74, 6) is 0.609. The first-order valence-electron chi connectivity index (χ1n) is 31.1. The van der Waals surface area contributed by atoms with Gasteiger partial charge < -0.3 is 36.3 Å². The first-order valence-corrected chi connectivity index (χ1v) is 32.0. The molecule has 0 aliphatic heterocycles. The molecule has 15 aromatic rings. The number of unbranched alkanes of at least 4 members (excludes halogenated alkanes) is 1. The van der Waals surface area contributed by atoms with Crippen LogP contribution in [0.15, 0.2) is 216 Å². The maximum Gasteiger partial charge on any atom is 0.347 e. The highest BCUT2D eigenvalue weighted by atomic mass is 32.1. The molecule has 14 nitrogen and oxygen atoms in total. The molecule has 92 heavy (non-hydrogen) atoms. The molecule has 6 aromatic carbocycles. The molecule has 0 saturated heterocycles. The molecule has 15 heteroatoms. The second-order valence-electron chi connectivity index (χ2n) is 23.1. The van der Waals surface area contributed by atoms with Gasteiger partial charge in [0.15, 0.2) is 16.9 Å². The van der Waals surface area contributed by atoms with Gasteiger partial charge in [0.1, 0.15) is 39.3 Å². The summed E-state index contributed by atoms with van der Waals surface area (Å²) in [5.41, 5.74) is 7.77. The maximum atomic E-state index is 14.7. The van der Waals surface area contributed by atoms with Crippen LogP contribution in [0.25, 0.3) is 154 Å². The zero-order valence-electron chi connectivity index (χ0n) is 51.4. The number of hydrogen-bond acceptors (Lipinski definition) is 15. The van der Waals surface area contributed by atoms with Gasteiger partial charge in [0.2, 0.25) is 0 Å². The quantitative estimate of drug-likeness (QED) is 0.0658. The number of nitrogens with zero attached hydrogens (tertiary/aromatic N) is 4. The third kappa shape index (κ3) is 10.1. The smallest absolute Gasteiger partial charge is 0.347 e. The highest BCUT2D eigenvalue weighted by Gasteiger charge is 2.24. The molecule has 0 radical (unpaired) electrons. The van der Waals surface area contributed by atoms with E-state index < -0.39 is 22.5 Å². The summed E-state index contributed by atoms with van der Waals surface area (Å²) in [7, 11) is 0. The second-order valence-corrected chi connectivity index (χ2v) is 24.2. The minimum Gasteiger partial charge on any atom is -0.452 e. The number of fused-ring (bicyclic) bond motifs is 9. The Kier molecular flexibility index (Phi) is 14.5. The Morgan fingerprint density at radius 3 is 1.66 bits per heavy atom. The second kappa shape index (κ2) is 23.2. The lowest BCUT2D eigenvalue weighted by Crippen LogP contribution is -2.21. The molecule has 0 fully saturated rings. The van der Waals surface area contributed by atoms with E-state index in [1.807, 2.05) is 122 Å². The van der Waals surface area contributed by atoms with Crippen molar-refractivity contribution < 1.29 is 26.5 Å². The van der Waals surface area contributed by atoms with Crippen LogP contribution in [0.5, 0.6) is 0 Å². The standard InChI is InChI=1S/C77H60N4O10S/c1-7-12-16-43-18-15-20-54-52(43)27-23-47-33-56(75(83)91-73(47)54)59-35-48(34-58(78-59)55-31-45-21-25-50(80(8-2)9-3)38-63(45)89-74(55)82)49-36-60(66-41-68-67(87-66)40-65(86-68)57-32-46-22-26-51(81(10-4)11-5)39-64(46)90-76(57)84)79-61(37-49)69-29-30-70(92-69)72-42(6)71-53-19-14-13-17-44(53)24-28-62(71)88-77(72)85/h13-15,17-41H,7-12,16H2,1-6H3. The molecule has 0 atom stereocenters. The van der Waals surface area contributed by atoms with Crippen molar-refractivity contribution >= 4 is 99.3 Å². The highest BCUT2D eigenvalue weighted by Crippen LogP contribution is 2.43. The van der Waals surface area contributed by atoms with Crippen LogP contribution in [0.1, 0.15) is 58.6 Å². The van der Waals surface area contributed by atoms with Crippen LogP contribution in [-0.2, 0) is 6.42 Å². The van der Waals surface area contributed by atoms with Crippen molar-refractivity contribution in [1.29, 1.82) is 0 Å². The van der Waals surface area contributed by atoms with Gasteiger partial charge in [0.25, 0.3) is 0 Å². The molecule has 15 rings (SSSR count). The van der Waals surface area contributed by atoms with E-state index in [1.54, 1.807) is 42.5 Å². The number of furan rings is 2. The number of thiophene rings is 1. The molecule has 0 spiro atoms. The molecule has 0 saturated carbocycles. The summed E-state index contributed by atoms with van der Waals surface area (Å²) in [6.07, 6.45) is 2.96. The summed E-state index contributed by atoms with van der Waals surface area (Å²) in [4.78, 5) is 73.2. The van der Waals surface area contributed by atoms with E-state index in [4.69, 9.17) is 36.5 Å². The average molecular weight is 1230 g/mol. The molecule has 0 aliphatic carbocycles. The van der Waals surface area contributed by atoms with Gasteiger partial charge >= 0.3 is 22.5 Å². The fraction of sp³-hybridized carbons (Fsp3) is 0.169. The Labute approximate surface area is 529 Å². The predicted molar refractivity (Wildman–Crippen MR) is 370 cm³/mol. The minimum atomic E-state index is -0.618. The molecule has 454 valence electrons. The van der Waals surface area contributed by atoms with Crippen LogP contribution in [0, 0.1) is 6.92 Å². The van der Waals surface area contributed by atoms with Crippen LogP contribution in [-0.4, -0.2) is 36.1 Å². The zero-order chi connectivity index (χ0) is 63.1. The van der Waals surface area contributed by atoms with E-state index in [0.29, 0.717) is 87.9 Å². The van der Waals surface area contributed by atoms with Gasteiger partial charge in [-0.3, -0.25) is 0 Å². The Hall–Kier alpha value is -10.9. The number of aryl methyl sites for hydroxylation is 2. The molecule has 0 amide bonds. The van der Waals surface area contributed by atoms with Crippen molar-refractivity contribution in [2.24, 2.45) is 0 Å². The van der Waals surface area contributed by atoms with E-state index in [0.717, 1.165) is 94.7 Å². The summed E-state index contributed by atoms with van der Waals surface area (Å²) >= 11 is 1.38. The molecular weight excluding hydrogens is 1170 g/mol. The Balaban J connectivity index is 0.910. The molecule has 0 bridgehead atoms. The average Bonchev–Trinajstić information content (AvgIpc) is 1.18. The van der Waals surface area contributed by atoms with E-state index in [1.165, 1.54) is 16.9 Å². The van der Waals surface area contributed by atoms with Gasteiger partial charge in [0, 0.05) is 93.6 Å². The molecular formula is C77H60N4O10S. The van der Waals surface area contributed by atoms with E-state index in [2.05, 4.69) is 56.6 Å². The third-order valence-electron chi connectivity index (χ3n) is 17.8. The van der Waals surface area contributed by atoms with Crippen LogP contribution < -0.4 is 32.3 Å². The van der Waals surface area contributed by atoms with E-state index in [9.17, 15) is 19.2 Å². The van der Waals surface area contributed by atoms with Crippen LogP contribution >= 0.6 is 11.3 Å². The van der Waals surface area contributed by atoms with Gasteiger partial charge in [0.05, 0.1) is 38.6 Å². The highest BCUT2D eigenvalue weighted by molar-refractivity contribution is 7.18. The monoisotopic (exact) mass is 1230 g/mol. The maximum absolute atomic E-state index is 14.7. The topological polar surface area (TPSA) is 179 Å². The fourth-order valence-electron chi connectivity index (χ4n) is 13.0. The lowest BCUT2D eigenvalue weighted by atomic mass is 9.97. The van der Waals surface area contributed by atoms with Crippen LogP contribution in [0.3, 0.4) is 0 Å². The largest absolute Gasteiger partial charge is 0.452 e. The van der Waals surface area contributed by atoms with Crippen LogP contribution in [0.4, 0.5) is 11.4 Å². The van der Waals surface area contributed by atoms with Crippen molar-refractivity contribution in [1.82, 2.24) is 9.97 Å². The normalized spacial score (nSPS) is 11.8. The molecule has 0 unspecified atom stereocenters. The van der Waals surface area contributed by atoms with E-state index in [-0.39, 0.29) is 33.8 Å². The van der Waals surface area contributed by atoms with Crippen molar-refractivity contribution in [3.05, 3.63) is 223 Å².